The topological polar surface area (TPSA) is 69.0 Å². The molecular weight excluding hydrogens is 448 g/mol. The van der Waals surface area contributed by atoms with Crippen LogP contribution < -0.4 is 5.32 Å². The summed E-state index contributed by atoms with van der Waals surface area (Å²) in [7, 11) is 1.31. The van der Waals surface area contributed by atoms with Crippen LogP contribution in [-0.2, 0) is 10.3 Å². The van der Waals surface area contributed by atoms with Gasteiger partial charge in [0.05, 0.1) is 18.0 Å². The zero-order valence-corrected chi connectivity index (χ0v) is 19.1. The van der Waals surface area contributed by atoms with E-state index in [2.05, 4.69) is 46.7 Å². The van der Waals surface area contributed by atoms with Gasteiger partial charge in [-0.25, -0.2) is 14.5 Å². The Morgan fingerprint density at radius 2 is 1.38 bits per heavy atom. The largest absolute Gasteiger partial charge is 0.453 e. The molecule has 0 saturated carbocycles. The molecule has 2 aromatic heterocycles. The number of carbonyl (C=O) groups excluding carboxylic acids is 1. The highest BCUT2D eigenvalue weighted by atomic mass is 35.5. The van der Waals surface area contributed by atoms with E-state index < -0.39 is 11.6 Å². The van der Waals surface area contributed by atoms with Gasteiger partial charge in [-0.3, -0.25) is 5.32 Å². The summed E-state index contributed by atoms with van der Waals surface area (Å²) < 4.78 is 6.73. The summed E-state index contributed by atoms with van der Waals surface area (Å²) in [6, 6.07) is 32.2. The molecule has 168 valence electrons. The molecule has 5 aromatic rings. The minimum absolute atomic E-state index is 0.321. The number of ether oxygens (including phenoxy) is 1. The number of fused-ring (bicyclic) bond motifs is 1. The number of hydrogen-bond donors (Lipinski definition) is 1. The van der Waals surface area contributed by atoms with Gasteiger partial charge in [0.2, 0.25) is 0 Å². The highest BCUT2D eigenvalue weighted by Crippen LogP contribution is 2.43. The summed E-state index contributed by atoms with van der Waals surface area (Å²) in [4.78, 5) is 16.4. The van der Waals surface area contributed by atoms with Gasteiger partial charge in [0.25, 0.3) is 0 Å². The standard InChI is InChI=1S/C27H21ClN4O2/c1-34-26(33)30-25-22-18-29-24(28)17-23(22)32(31-25)27(19-11-5-2-6-12-19,20-13-7-3-8-14-20)21-15-9-4-10-16-21/h2-18H,1H3,(H,30,31,33). The third kappa shape index (κ3) is 3.58. The number of nitrogens with zero attached hydrogens (tertiary/aromatic N) is 3. The molecular formula is C27H21ClN4O2. The number of amides is 1. The number of nitrogens with one attached hydrogen (secondary N) is 1. The van der Waals surface area contributed by atoms with Crippen LogP contribution in [0.15, 0.2) is 103 Å². The summed E-state index contributed by atoms with van der Waals surface area (Å²) in [5.74, 6) is 0.332. The zero-order chi connectivity index (χ0) is 23.5. The number of anilines is 1. The molecule has 34 heavy (non-hydrogen) atoms. The maximum Gasteiger partial charge on any atom is 0.412 e. The van der Waals surface area contributed by atoms with E-state index in [1.54, 1.807) is 12.3 Å². The van der Waals surface area contributed by atoms with Gasteiger partial charge >= 0.3 is 6.09 Å². The van der Waals surface area contributed by atoms with Crippen molar-refractivity contribution in [3.8, 4) is 0 Å². The van der Waals surface area contributed by atoms with Crippen molar-refractivity contribution in [3.63, 3.8) is 0 Å². The number of methoxy groups -OCH3 is 1. The molecule has 0 saturated heterocycles. The van der Waals surface area contributed by atoms with Crippen molar-refractivity contribution in [1.82, 2.24) is 14.8 Å². The zero-order valence-electron chi connectivity index (χ0n) is 18.4. The predicted molar refractivity (Wildman–Crippen MR) is 133 cm³/mol. The summed E-state index contributed by atoms with van der Waals surface area (Å²) >= 11 is 6.36. The summed E-state index contributed by atoms with van der Waals surface area (Å²) in [6.45, 7) is 0. The van der Waals surface area contributed by atoms with Crippen LogP contribution in [0.25, 0.3) is 10.9 Å². The molecule has 0 fully saturated rings. The van der Waals surface area contributed by atoms with Crippen LogP contribution in [0.4, 0.5) is 10.6 Å². The molecule has 1 amide bonds. The van der Waals surface area contributed by atoms with Crippen LogP contribution in [0.2, 0.25) is 5.15 Å². The van der Waals surface area contributed by atoms with E-state index in [0.717, 1.165) is 16.7 Å². The number of pyridine rings is 1. The van der Waals surface area contributed by atoms with E-state index >= 15 is 0 Å². The molecule has 0 atom stereocenters. The van der Waals surface area contributed by atoms with Gasteiger partial charge in [-0.05, 0) is 16.7 Å². The fraction of sp³-hybridized carbons (Fsp3) is 0.0741. The van der Waals surface area contributed by atoms with E-state index in [1.165, 1.54) is 7.11 Å². The predicted octanol–water partition coefficient (Wildman–Crippen LogP) is 6.10. The van der Waals surface area contributed by atoms with Gasteiger partial charge in [-0.15, -0.1) is 0 Å². The molecule has 2 heterocycles. The second-order valence-electron chi connectivity index (χ2n) is 7.71. The first kappa shape index (κ1) is 21.7. The fourth-order valence-corrected chi connectivity index (χ4v) is 4.54. The van der Waals surface area contributed by atoms with Crippen LogP contribution in [-0.4, -0.2) is 28.0 Å². The number of aromatic nitrogens is 3. The van der Waals surface area contributed by atoms with Crippen LogP contribution in [0.1, 0.15) is 16.7 Å². The van der Waals surface area contributed by atoms with Crippen molar-refractivity contribution >= 4 is 34.4 Å². The van der Waals surface area contributed by atoms with Crippen molar-refractivity contribution < 1.29 is 9.53 Å². The summed E-state index contributed by atoms with van der Waals surface area (Å²) in [5, 5.41) is 8.61. The van der Waals surface area contributed by atoms with Crippen molar-refractivity contribution in [2.75, 3.05) is 12.4 Å². The van der Waals surface area contributed by atoms with E-state index in [1.807, 2.05) is 59.3 Å². The molecule has 3 aromatic carbocycles. The minimum atomic E-state index is -0.872. The Kier molecular flexibility index (Phi) is 5.74. The van der Waals surface area contributed by atoms with E-state index in [0.29, 0.717) is 21.9 Å². The van der Waals surface area contributed by atoms with Crippen LogP contribution >= 0.6 is 11.6 Å². The lowest BCUT2D eigenvalue weighted by molar-refractivity contribution is 0.187. The van der Waals surface area contributed by atoms with Gasteiger partial charge in [0, 0.05) is 12.3 Å². The lowest BCUT2D eigenvalue weighted by atomic mass is 9.77. The molecule has 0 aliphatic rings. The third-order valence-electron chi connectivity index (χ3n) is 5.83. The average molecular weight is 469 g/mol. The number of halogens is 1. The average Bonchev–Trinajstić information content (AvgIpc) is 3.23. The van der Waals surface area contributed by atoms with Gasteiger partial charge in [-0.1, -0.05) is 103 Å². The van der Waals surface area contributed by atoms with E-state index in [-0.39, 0.29) is 0 Å². The Labute approximate surface area is 201 Å². The van der Waals surface area contributed by atoms with Crippen LogP contribution in [0.5, 0.6) is 0 Å². The molecule has 0 aliphatic heterocycles. The van der Waals surface area contributed by atoms with Gasteiger partial charge < -0.3 is 4.74 Å². The molecule has 0 bridgehead atoms. The highest BCUT2D eigenvalue weighted by Gasteiger charge is 2.41. The molecule has 0 radical (unpaired) electrons. The number of hydrogen-bond acceptors (Lipinski definition) is 4. The molecule has 0 aliphatic carbocycles. The second kappa shape index (κ2) is 9.00. The van der Waals surface area contributed by atoms with Crippen molar-refractivity contribution in [2.24, 2.45) is 0 Å². The van der Waals surface area contributed by atoms with Crippen molar-refractivity contribution in [2.45, 2.75) is 5.54 Å². The molecule has 0 spiro atoms. The Bertz CT molecular complexity index is 1340. The number of rotatable bonds is 5. The first-order valence-electron chi connectivity index (χ1n) is 10.7. The Hall–Kier alpha value is -4.16. The van der Waals surface area contributed by atoms with Crippen LogP contribution in [0.3, 0.4) is 0 Å². The number of carbonyl (C=O) groups is 1. The molecule has 0 unspecified atom stereocenters. The van der Waals surface area contributed by atoms with Crippen LogP contribution in [0, 0.1) is 0 Å². The van der Waals surface area contributed by atoms with Gasteiger partial charge in [0.1, 0.15) is 10.7 Å². The van der Waals surface area contributed by atoms with Crippen molar-refractivity contribution in [1.29, 1.82) is 0 Å². The van der Waals surface area contributed by atoms with E-state index in [4.69, 9.17) is 21.4 Å². The monoisotopic (exact) mass is 468 g/mol. The molecule has 1 N–H and O–H groups in total. The number of benzene rings is 3. The molecule has 7 heteroatoms. The summed E-state index contributed by atoms with van der Waals surface area (Å²) in [5.41, 5.74) is 2.82. The SMILES string of the molecule is COC(=O)Nc1nn(C(c2ccccc2)(c2ccccc2)c2ccccc2)c2cc(Cl)ncc12. The molecule has 5 rings (SSSR count). The quantitative estimate of drug-likeness (QED) is 0.250. The lowest BCUT2D eigenvalue weighted by Crippen LogP contribution is -2.38. The van der Waals surface area contributed by atoms with Gasteiger partial charge in [0.15, 0.2) is 5.82 Å². The van der Waals surface area contributed by atoms with Gasteiger partial charge in [-0.2, -0.15) is 5.10 Å². The molecule has 6 nitrogen and oxygen atoms in total. The normalized spacial score (nSPS) is 11.4. The maximum absolute atomic E-state index is 12.1. The minimum Gasteiger partial charge on any atom is -0.453 e. The fourth-order valence-electron chi connectivity index (χ4n) is 4.39. The second-order valence-corrected chi connectivity index (χ2v) is 8.10. The Morgan fingerprint density at radius 3 is 1.85 bits per heavy atom. The summed E-state index contributed by atoms with van der Waals surface area (Å²) in [6.07, 6.45) is 0.990. The maximum atomic E-state index is 12.1. The van der Waals surface area contributed by atoms with Crippen molar-refractivity contribution in [3.05, 3.63) is 125 Å². The first-order valence-corrected chi connectivity index (χ1v) is 11.1. The van der Waals surface area contributed by atoms with E-state index in [9.17, 15) is 4.79 Å². The third-order valence-corrected chi connectivity index (χ3v) is 6.04. The Morgan fingerprint density at radius 1 is 0.882 bits per heavy atom. The smallest absolute Gasteiger partial charge is 0.412 e. The Balaban J connectivity index is 1.95. The highest BCUT2D eigenvalue weighted by molar-refractivity contribution is 6.30. The lowest BCUT2D eigenvalue weighted by Gasteiger charge is -2.37. The first-order chi connectivity index (χ1) is 16.6.